The molecule has 0 amide bonds. The van der Waals surface area contributed by atoms with Gasteiger partial charge >= 0.3 is 0 Å². The molecule has 1 aromatic carbocycles. The molecular weight excluding hydrogens is 364 g/mol. The van der Waals surface area contributed by atoms with Gasteiger partial charge < -0.3 is 11.1 Å². The van der Waals surface area contributed by atoms with Gasteiger partial charge in [-0.3, -0.25) is 4.72 Å². The normalized spacial score (nSPS) is 20.5. The molecule has 0 spiro atoms. The Labute approximate surface area is 157 Å². The minimum atomic E-state index is -3.72. The molecule has 4 rings (SSSR count). The van der Waals surface area contributed by atoms with Gasteiger partial charge in [-0.2, -0.15) is 0 Å². The van der Waals surface area contributed by atoms with Crippen LogP contribution >= 0.6 is 0 Å². The van der Waals surface area contributed by atoms with Gasteiger partial charge in [-0.15, -0.1) is 5.10 Å². The molecule has 0 unspecified atom stereocenters. The second kappa shape index (κ2) is 7.16. The monoisotopic (exact) mass is 386 g/mol. The van der Waals surface area contributed by atoms with Crippen molar-refractivity contribution >= 4 is 27.2 Å². The number of nitrogens with one attached hydrogen (secondary N) is 2. The zero-order valence-electron chi connectivity index (χ0n) is 14.7. The third kappa shape index (κ3) is 3.88. The lowest BCUT2D eigenvalue weighted by atomic mass is 9.92. The van der Waals surface area contributed by atoms with Crippen LogP contribution in [0.1, 0.15) is 25.7 Å². The summed E-state index contributed by atoms with van der Waals surface area (Å²) in [6.45, 7) is 0. The Bertz CT molecular complexity index is 1030. The van der Waals surface area contributed by atoms with Crippen LogP contribution in [0, 0.1) is 0 Å². The van der Waals surface area contributed by atoms with Crippen LogP contribution in [-0.4, -0.2) is 35.1 Å². The largest absolute Gasteiger partial charge is 0.366 e. The van der Waals surface area contributed by atoms with Crippen molar-refractivity contribution in [3.63, 3.8) is 0 Å². The first-order valence-electron chi connectivity index (χ1n) is 8.96. The van der Waals surface area contributed by atoms with E-state index < -0.39 is 10.0 Å². The molecule has 1 saturated carbocycles. The Hall–Kier alpha value is -2.65. The summed E-state index contributed by atoms with van der Waals surface area (Å²) in [5.41, 5.74) is 6.80. The number of benzene rings is 1. The minimum absolute atomic E-state index is 0.197. The van der Waals surface area contributed by atoms with E-state index >= 15 is 0 Å². The Kier molecular flexibility index (Phi) is 4.71. The van der Waals surface area contributed by atoms with Crippen molar-refractivity contribution in [1.82, 2.24) is 14.6 Å². The molecule has 0 bridgehead atoms. The first-order chi connectivity index (χ1) is 13.0. The second-order valence-corrected chi connectivity index (χ2v) is 8.50. The van der Waals surface area contributed by atoms with Crippen molar-refractivity contribution in [3.05, 3.63) is 48.8 Å². The summed E-state index contributed by atoms with van der Waals surface area (Å²) in [4.78, 5) is 4.42. The summed E-state index contributed by atoms with van der Waals surface area (Å²) in [6.07, 6.45) is 7.16. The van der Waals surface area contributed by atoms with E-state index in [9.17, 15) is 8.42 Å². The van der Waals surface area contributed by atoms with E-state index in [1.807, 2.05) is 0 Å². The maximum Gasteiger partial charge on any atom is 0.262 e. The Morgan fingerprint density at radius 1 is 1.11 bits per heavy atom. The highest BCUT2D eigenvalue weighted by atomic mass is 32.2. The van der Waals surface area contributed by atoms with Crippen LogP contribution in [0.5, 0.6) is 0 Å². The fourth-order valence-corrected chi connectivity index (χ4v) is 4.41. The molecule has 27 heavy (non-hydrogen) atoms. The highest BCUT2D eigenvalue weighted by Gasteiger charge is 2.21. The average molecular weight is 386 g/mol. The molecule has 9 heteroatoms. The maximum atomic E-state index is 12.7. The molecule has 0 atom stereocenters. The van der Waals surface area contributed by atoms with Crippen molar-refractivity contribution in [2.75, 3.05) is 10.0 Å². The predicted molar refractivity (Wildman–Crippen MR) is 104 cm³/mol. The topological polar surface area (TPSA) is 114 Å². The molecule has 8 nitrogen and oxygen atoms in total. The van der Waals surface area contributed by atoms with Crippen LogP contribution in [0.25, 0.3) is 5.65 Å². The molecule has 1 aliphatic rings. The number of nitrogens with two attached hydrogens (primary N) is 1. The first kappa shape index (κ1) is 17.7. The molecular formula is C18H22N6O2S. The second-order valence-electron chi connectivity index (χ2n) is 6.81. The van der Waals surface area contributed by atoms with Crippen molar-refractivity contribution in [3.8, 4) is 0 Å². The lowest BCUT2D eigenvalue weighted by Gasteiger charge is -2.27. The number of aromatic nitrogens is 3. The molecule has 142 valence electrons. The third-order valence-corrected chi connectivity index (χ3v) is 6.16. The maximum absolute atomic E-state index is 12.7. The fourth-order valence-electron chi connectivity index (χ4n) is 3.34. The Morgan fingerprint density at radius 3 is 2.59 bits per heavy atom. The van der Waals surface area contributed by atoms with Crippen molar-refractivity contribution < 1.29 is 8.42 Å². The fraction of sp³-hybridized carbons (Fsp3) is 0.333. The van der Waals surface area contributed by atoms with Crippen molar-refractivity contribution in [2.45, 2.75) is 42.7 Å². The average Bonchev–Trinajstić information content (AvgIpc) is 3.13. The van der Waals surface area contributed by atoms with E-state index in [-0.39, 0.29) is 17.0 Å². The highest BCUT2D eigenvalue weighted by molar-refractivity contribution is 7.92. The Balaban J connectivity index is 1.63. The third-order valence-electron chi connectivity index (χ3n) is 4.78. The van der Waals surface area contributed by atoms with E-state index in [4.69, 9.17) is 5.73 Å². The van der Waals surface area contributed by atoms with E-state index in [0.717, 1.165) is 25.7 Å². The summed E-state index contributed by atoms with van der Waals surface area (Å²) in [7, 11) is -3.72. The first-order valence-corrected chi connectivity index (χ1v) is 10.4. The van der Waals surface area contributed by atoms with Gasteiger partial charge in [0.15, 0.2) is 5.65 Å². The van der Waals surface area contributed by atoms with Crippen LogP contribution in [0.2, 0.25) is 0 Å². The summed E-state index contributed by atoms with van der Waals surface area (Å²) < 4.78 is 29.6. The summed E-state index contributed by atoms with van der Waals surface area (Å²) in [5, 5.41) is 7.89. The van der Waals surface area contributed by atoms with Crippen LogP contribution in [0.3, 0.4) is 0 Å². The summed E-state index contributed by atoms with van der Waals surface area (Å²) in [6, 6.07) is 10.5. The van der Waals surface area contributed by atoms with Gasteiger partial charge in [0.25, 0.3) is 10.0 Å². The number of hydrogen-bond donors (Lipinski definition) is 3. The molecule has 0 aliphatic heterocycles. The number of nitrogens with zero attached hydrogens (tertiary/aromatic N) is 3. The molecule has 1 aliphatic carbocycles. The molecule has 4 N–H and O–H groups in total. The predicted octanol–water partition coefficient (Wildman–Crippen LogP) is 2.21. The van der Waals surface area contributed by atoms with Crippen LogP contribution in [-0.2, 0) is 10.0 Å². The van der Waals surface area contributed by atoms with Gasteiger partial charge in [-0.25, -0.2) is 17.9 Å². The van der Waals surface area contributed by atoms with Gasteiger partial charge in [0.2, 0.25) is 0 Å². The van der Waals surface area contributed by atoms with Crippen LogP contribution in [0.4, 0.5) is 11.5 Å². The van der Waals surface area contributed by atoms with E-state index in [0.29, 0.717) is 17.2 Å². The zero-order chi connectivity index (χ0) is 18.9. The van der Waals surface area contributed by atoms with Crippen molar-refractivity contribution in [1.29, 1.82) is 0 Å². The standard InChI is InChI=1S/C18H22N6O2S/c19-13-6-8-14(9-7-13)21-17-12-16(18-20-10-11-24(18)22-17)23-27(25,26)15-4-2-1-3-5-15/h1-5,10-14,23H,6-9,19H2,(H,21,22)/t13-,14-. The van der Waals surface area contributed by atoms with Gasteiger partial charge in [0.1, 0.15) is 5.82 Å². The van der Waals surface area contributed by atoms with Gasteiger partial charge in [0, 0.05) is 30.5 Å². The highest BCUT2D eigenvalue weighted by Crippen LogP contribution is 2.25. The number of imidazole rings is 1. The SMILES string of the molecule is N[C@H]1CC[C@H](Nc2cc(NS(=O)(=O)c3ccccc3)c3nccn3n2)CC1. The van der Waals surface area contributed by atoms with Gasteiger partial charge in [-0.05, 0) is 37.8 Å². The van der Waals surface area contributed by atoms with Crippen LogP contribution in [0.15, 0.2) is 53.7 Å². The van der Waals surface area contributed by atoms with Crippen molar-refractivity contribution in [2.24, 2.45) is 5.73 Å². The Morgan fingerprint density at radius 2 is 1.85 bits per heavy atom. The number of anilines is 2. The number of sulfonamides is 1. The lowest BCUT2D eigenvalue weighted by molar-refractivity contribution is 0.410. The minimum Gasteiger partial charge on any atom is -0.366 e. The summed E-state index contributed by atoms with van der Waals surface area (Å²) in [5.74, 6) is 0.603. The number of hydrogen-bond acceptors (Lipinski definition) is 6. The quantitative estimate of drug-likeness (QED) is 0.619. The van der Waals surface area contributed by atoms with Gasteiger partial charge in [-0.1, -0.05) is 18.2 Å². The molecule has 1 fully saturated rings. The van der Waals surface area contributed by atoms with E-state index in [1.165, 1.54) is 0 Å². The molecule has 0 saturated heterocycles. The molecule has 0 radical (unpaired) electrons. The smallest absolute Gasteiger partial charge is 0.262 e. The zero-order valence-corrected chi connectivity index (χ0v) is 15.6. The van der Waals surface area contributed by atoms with Gasteiger partial charge in [0.05, 0.1) is 10.6 Å². The summed E-state index contributed by atoms with van der Waals surface area (Å²) >= 11 is 0. The van der Waals surface area contributed by atoms with E-state index in [1.54, 1.807) is 53.3 Å². The van der Waals surface area contributed by atoms with E-state index in [2.05, 4.69) is 20.1 Å². The molecule has 2 heterocycles. The van der Waals surface area contributed by atoms with Crippen LogP contribution < -0.4 is 15.8 Å². The number of rotatable bonds is 5. The molecule has 3 aromatic rings. The molecule has 2 aromatic heterocycles. The number of fused-ring (bicyclic) bond motifs is 1. The lowest BCUT2D eigenvalue weighted by Crippen LogP contribution is -2.33.